The maximum absolute atomic E-state index is 11.8. The summed E-state index contributed by atoms with van der Waals surface area (Å²) in [7, 11) is 1.66. The number of rotatable bonds is 6. The summed E-state index contributed by atoms with van der Waals surface area (Å²) in [6, 6.07) is 9.55. The molecule has 0 radical (unpaired) electrons. The van der Waals surface area contributed by atoms with E-state index in [-0.39, 0.29) is 5.91 Å². The van der Waals surface area contributed by atoms with Crippen molar-refractivity contribution in [3.63, 3.8) is 0 Å². The Balaban J connectivity index is 1.98. The van der Waals surface area contributed by atoms with E-state index in [4.69, 9.17) is 9.15 Å². The summed E-state index contributed by atoms with van der Waals surface area (Å²) in [5.41, 5.74) is 2.37. The van der Waals surface area contributed by atoms with Crippen molar-refractivity contribution in [2.45, 2.75) is 26.2 Å². The molecule has 2 aromatic rings. The molecule has 1 aromatic carbocycles. The van der Waals surface area contributed by atoms with Crippen LogP contribution >= 0.6 is 0 Å². The number of amides is 1. The molecular weight excluding hydrogens is 266 g/mol. The molecule has 1 heterocycles. The molecule has 4 heteroatoms. The van der Waals surface area contributed by atoms with Crippen molar-refractivity contribution in [2.75, 3.05) is 13.7 Å². The van der Waals surface area contributed by atoms with Gasteiger partial charge in [0.15, 0.2) is 5.76 Å². The Bertz CT molecular complexity index is 588. The number of benzene rings is 1. The maximum Gasteiger partial charge on any atom is 0.286 e. The summed E-state index contributed by atoms with van der Waals surface area (Å²) in [5.74, 6) is 1.45. The van der Waals surface area contributed by atoms with Gasteiger partial charge in [-0.2, -0.15) is 0 Å². The molecule has 0 saturated heterocycles. The quantitative estimate of drug-likeness (QED) is 0.886. The minimum absolute atomic E-state index is 0.195. The molecular formula is C17H21NO3. The van der Waals surface area contributed by atoms with Crippen LogP contribution in [0.25, 0.3) is 0 Å². The van der Waals surface area contributed by atoms with Gasteiger partial charge in [-0.15, -0.1) is 0 Å². The van der Waals surface area contributed by atoms with E-state index >= 15 is 0 Å². The molecule has 0 spiro atoms. The van der Waals surface area contributed by atoms with Crippen molar-refractivity contribution in [3.05, 3.63) is 53.5 Å². The molecule has 112 valence electrons. The number of ether oxygens (including phenoxy) is 1. The summed E-state index contributed by atoms with van der Waals surface area (Å²) >= 11 is 0. The average molecular weight is 287 g/mol. The molecule has 1 aromatic heterocycles. The Hall–Kier alpha value is -2.23. The first-order valence-electron chi connectivity index (χ1n) is 7.10. The Morgan fingerprint density at radius 1 is 1.33 bits per heavy atom. The van der Waals surface area contributed by atoms with Gasteiger partial charge in [0.25, 0.3) is 5.91 Å². The van der Waals surface area contributed by atoms with Crippen molar-refractivity contribution < 1.29 is 13.9 Å². The molecule has 0 aliphatic rings. The van der Waals surface area contributed by atoms with Crippen LogP contribution in [0.4, 0.5) is 0 Å². The third-order valence-electron chi connectivity index (χ3n) is 3.40. The van der Waals surface area contributed by atoms with Crippen molar-refractivity contribution >= 4 is 5.91 Å². The van der Waals surface area contributed by atoms with Gasteiger partial charge in [0.1, 0.15) is 5.75 Å². The van der Waals surface area contributed by atoms with Crippen molar-refractivity contribution in [1.29, 1.82) is 0 Å². The molecule has 0 fully saturated rings. The fraction of sp³-hybridized carbons (Fsp3) is 0.353. The topological polar surface area (TPSA) is 51.5 Å². The zero-order chi connectivity index (χ0) is 15.2. The van der Waals surface area contributed by atoms with Crippen LogP contribution in [0.1, 0.15) is 41.4 Å². The number of furan rings is 1. The van der Waals surface area contributed by atoms with Gasteiger partial charge in [-0.1, -0.05) is 26.0 Å². The fourth-order valence-corrected chi connectivity index (χ4v) is 2.16. The zero-order valence-corrected chi connectivity index (χ0v) is 12.7. The smallest absolute Gasteiger partial charge is 0.286 e. The van der Waals surface area contributed by atoms with E-state index in [1.54, 1.807) is 19.2 Å². The molecule has 0 aliphatic heterocycles. The van der Waals surface area contributed by atoms with Crippen molar-refractivity contribution in [2.24, 2.45) is 0 Å². The van der Waals surface area contributed by atoms with Crippen molar-refractivity contribution in [3.8, 4) is 5.75 Å². The van der Waals surface area contributed by atoms with Gasteiger partial charge < -0.3 is 14.5 Å². The third kappa shape index (κ3) is 3.88. The van der Waals surface area contributed by atoms with E-state index in [1.807, 2.05) is 6.07 Å². The lowest BCUT2D eigenvalue weighted by atomic mass is 9.99. The van der Waals surface area contributed by atoms with Crippen LogP contribution in [-0.4, -0.2) is 19.6 Å². The van der Waals surface area contributed by atoms with Crippen LogP contribution in [-0.2, 0) is 6.42 Å². The number of hydrogen-bond donors (Lipinski definition) is 1. The van der Waals surface area contributed by atoms with Crippen LogP contribution < -0.4 is 10.1 Å². The van der Waals surface area contributed by atoms with E-state index in [9.17, 15) is 4.79 Å². The predicted molar refractivity (Wildman–Crippen MR) is 81.8 cm³/mol. The normalized spacial score (nSPS) is 10.7. The van der Waals surface area contributed by atoms with Crippen LogP contribution in [0.3, 0.4) is 0 Å². The molecule has 0 aliphatic carbocycles. The van der Waals surface area contributed by atoms with Gasteiger partial charge in [0.05, 0.1) is 13.4 Å². The van der Waals surface area contributed by atoms with E-state index in [2.05, 4.69) is 31.3 Å². The van der Waals surface area contributed by atoms with Gasteiger partial charge >= 0.3 is 0 Å². The number of carbonyl (C=O) groups excluding carboxylic acids is 1. The highest BCUT2D eigenvalue weighted by Crippen LogP contribution is 2.24. The number of methoxy groups -OCH3 is 1. The van der Waals surface area contributed by atoms with E-state index in [0.29, 0.717) is 18.2 Å². The largest absolute Gasteiger partial charge is 0.496 e. The number of nitrogens with one attached hydrogen (secondary N) is 1. The summed E-state index contributed by atoms with van der Waals surface area (Å²) in [4.78, 5) is 11.8. The molecule has 4 nitrogen and oxygen atoms in total. The molecule has 0 unspecified atom stereocenters. The minimum atomic E-state index is -0.195. The molecule has 0 bridgehead atoms. The SMILES string of the molecule is COc1ccc(C(C)C)cc1CCNC(=O)c1ccco1. The maximum atomic E-state index is 11.8. The van der Waals surface area contributed by atoms with Gasteiger partial charge in [0, 0.05) is 6.54 Å². The Morgan fingerprint density at radius 3 is 2.76 bits per heavy atom. The van der Waals surface area contributed by atoms with E-state index in [1.165, 1.54) is 11.8 Å². The fourth-order valence-electron chi connectivity index (χ4n) is 2.16. The van der Waals surface area contributed by atoms with Crippen LogP contribution in [0.2, 0.25) is 0 Å². The Kier molecular flexibility index (Phi) is 5.04. The lowest BCUT2D eigenvalue weighted by molar-refractivity contribution is 0.0926. The molecule has 2 rings (SSSR count). The lowest BCUT2D eigenvalue weighted by Crippen LogP contribution is -2.25. The van der Waals surface area contributed by atoms with Gasteiger partial charge in [-0.05, 0) is 41.7 Å². The van der Waals surface area contributed by atoms with E-state index < -0.39 is 0 Å². The first-order valence-corrected chi connectivity index (χ1v) is 7.10. The average Bonchev–Trinajstić information content (AvgIpc) is 3.01. The summed E-state index contributed by atoms with van der Waals surface area (Å²) in [5, 5.41) is 2.85. The summed E-state index contributed by atoms with van der Waals surface area (Å²) in [6.07, 6.45) is 2.21. The lowest BCUT2D eigenvalue weighted by Gasteiger charge is -2.13. The summed E-state index contributed by atoms with van der Waals surface area (Å²) < 4.78 is 10.4. The minimum Gasteiger partial charge on any atom is -0.496 e. The van der Waals surface area contributed by atoms with Gasteiger partial charge in [-0.25, -0.2) is 0 Å². The van der Waals surface area contributed by atoms with Crippen LogP contribution in [0.5, 0.6) is 5.75 Å². The Labute approximate surface area is 125 Å². The molecule has 0 saturated carbocycles. The highest BCUT2D eigenvalue weighted by molar-refractivity contribution is 5.91. The highest BCUT2D eigenvalue weighted by atomic mass is 16.5. The number of hydrogen-bond acceptors (Lipinski definition) is 3. The second-order valence-electron chi connectivity index (χ2n) is 5.21. The number of carbonyl (C=O) groups is 1. The second kappa shape index (κ2) is 6.97. The Morgan fingerprint density at radius 2 is 2.14 bits per heavy atom. The molecule has 1 amide bonds. The predicted octanol–water partition coefficient (Wildman–Crippen LogP) is 3.38. The standard InChI is InChI=1S/C17H21NO3/c1-12(2)13-6-7-15(20-3)14(11-13)8-9-18-17(19)16-5-4-10-21-16/h4-7,10-12H,8-9H2,1-3H3,(H,18,19). The van der Waals surface area contributed by atoms with Crippen molar-refractivity contribution in [1.82, 2.24) is 5.32 Å². The van der Waals surface area contributed by atoms with E-state index in [0.717, 1.165) is 17.7 Å². The first-order chi connectivity index (χ1) is 10.1. The second-order valence-corrected chi connectivity index (χ2v) is 5.21. The monoisotopic (exact) mass is 287 g/mol. The molecule has 21 heavy (non-hydrogen) atoms. The first kappa shape index (κ1) is 15.2. The zero-order valence-electron chi connectivity index (χ0n) is 12.7. The van der Waals surface area contributed by atoms with Gasteiger partial charge in [-0.3, -0.25) is 4.79 Å². The molecule has 0 atom stereocenters. The third-order valence-corrected chi connectivity index (χ3v) is 3.40. The highest BCUT2D eigenvalue weighted by Gasteiger charge is 2.10. The van der Waals surface area contributed by atoms with Gasteiger partial charge in [0.2, 0.25) is 0 Å². The van der Waals surface area contributed by atoms with Crippen LogP contribution in [0.15, 0.2) is 41.0 Å². The molecule has 1 N–H and O–H groups in total. The summed E-state index contributed by atoms with van der Waals surface area (Å²) in [6.45, 7) is 4.85. The van der Waals surface area contributed by atoms with Crippen LogP contribution in [0, 0.1) is 0 Å².